The Morgan fingerprint density at radius 1 is 1.61 bits per heavy atom. The van der Waals surface area contributed by atoms with Crippen LogP contribution in [0, 0.1) is 6.92 Å². The lowest BCUT2D eigenvalue weighted by Crippen LogP contribution is -2.45. The summed E-state index contributed by atoms with van der Waals surface area (Å²) in [6.45, 7) is 2.10. The maximum atomic E-state index is 11.9. The van der Waals surface area contributed by atoms with Gasteiger partial charge in [-0.1, -0.05) is 0 Å². The number of aryl methyl sites for hydroxylation is 1. The van der Waals surface area contributed by atoms with Gasteiger partial charge in [-0.25, -0.2) is 0 Å². The molecule has 1 saturated heterocycles. The third-order valence-corrected chi connectivity index (χ3v) is 4.47. The normalized spacial score (nSPS) is 18.6. The number of halogens is 1. The molecular weight excluding hydrogens is 318 g/mol. The summed E-state index contributed by atoms with van der Waals surface area (Å²) in [5.41, 5.74) is 0.0177. The molecule has 2 rings (SSSR count). The molecule has 0 unspecified atom stereocenters. The smallest absolute Gasteiger partial charge is 0.287 e. The summed E-state index contributed by atoms with van der Waals surface area (Å²) >= 11 is 5.03. The number of amides is 1. The molecule has 0 saturated carbocycles. The van der Waals surface area contributed by atoms with Crippen molar-refractivity contribution in [1.82, 2.24) is 5.32 Å². The lowest BCUT2D eigenvalue weighted by Gasteiger charge is -2.31. The van der Waals surface area contributed by atoms with E-state index in [1.165, 1.54) is 0 Å². The predicted octanol–water partition coefficient (Wildman–Crippen LogP) is 2.34. The van der Waals surface area contributed by atoms with Crippen LogP contribution in [0.25, 0.3) is 0 Å². The van der Waals surface area contributed by atoms with Crippen molar-refractivity contribution in [2.24, 2.45) is 0 Å². The van der Waals surface area contributed by atoms with Gasteiger partial charge in [0.1, 0.15) is 0 Å². The van der Waals surface area contributed by atoms with E-state index in [0.717, 1.165) is 29.9 Å². The van der Waals surface area contributed by atoms with Gasteiger partial charge in [0.15, 0.2) is 10.4 Å². The summed E-state index contributed by atoms with van der Waals surface area (Å²) < 4.78 is 5.81. The maximum Gasteiger partial charge on any atom is 0.287 e. The molecule has 0 aromatic carbocycles. The summed E-state index contributed by atoms with van der Waals surface area (Å²) in [5, 5.41) is 13.0. The van der Waals surface area contributed by atoms with E-state index in [1.54, 1.807) is 6.07 Å². The molecular formula is C12H16BrNO3S. The Kier molecular flexibility index (Phi) is 4.40. The van der Waals surface area contributed by atoms with Gasteiger partial charge in [0.05, 0.1) is 5.60 Å². The van der Waals surface area contributed by atoms with E-state index in [4.69, 9.17) is 4.42 Å². The Morgan fingerprint density at radius 3 is 2.83 bits per heavy atom. The Balaban J connectivity index is 1.94. The molecule has 1 amide bonds. The van der Waals surface area contributed by atoms with Gasteiger partial charge in [0.2, 0.25) is 0 Å². The van der Waals surface area contributed by atoms with E-state index in [9.17, 15) is 9.90 Å². The monoisotopic (exact) mass is 333 g/mol. The third kappa shape index (κ3) is 3.30. The van der Waals surface area contributed by atoms with E-state index in [-0.39, 0.29) is 12.5 Å². The Labute approximate surface area is 119 Å². The number of furan rings is 1. The van der Waals surface area contributed by atoms with Gasteiger partial charge in [-0.15, -0.1) is 0 Å². The molecule has 2 heterocycles. The summed E-state index contributed by atoms with van der Waals surface area (Å²) in [6, 6.07) is 1.75. The quantitative estimate of drug-likeness (QED) is 0.891. The number of carbonyl (C=O) groups is 1. The minimum Gasteiger partial charge on any atom is -0.444 e. The van der Waals surface area contributed by atoms with E-state index in [1.807, 2.05) is 18.7 Å². The molecule has 6 heteroatoms. The van der Waals surface area contributed by atoms with Crippen LogP contribution in [0.5, 0.6) is 0 Å². The first-order valence-electron chi connectivity index (χ1n) is 5.84. The van der Waals surface area contributed by atoms with Gasteiger partial charge >= 0.3 is 0 Å². The van der Waals surface area contributed by atoms with Crippen molar-refractivity contribution in [3.63, 3.8) is 0 Å². The van der Waals surface area contributed by atoms with E-state index >= 15 is 0 Å². The van der Waals surface area contributed by atoms with Gasteiger partial charge in [-0.3, -0.25) is 4.79 Å². The molecule has 2 N–H and O–H groups in total. The van der Waals surface area contributed by atoms with Crippen LogP contribution in [0.4, 0.5) is 0 Å². The highest BCUT2D eigenvalue weighted by molar-refractivity contribution is 9.10. The van der Waals surface area contributed by atoms with Gasteiger partial charge < -0.3 is 14.8 Å². The molecule has 0 aliphatic carbocycles. The first-order chi connectivity index (χ1) is 8.50. The number of hydrogen-bond donors (Lipinski definition) is 2. The molecule has 1 aliphatic heterocycles. The average Bonchev–Trinajstić information content (AvgIpc) is 2.67. The molecule has 0 spiro atoms. The van der Waals surface area contributed by atoms with Gasteiger partial charge in [-0.05, 0) is 53.3 Å². The van der Waals surface area contributed by atoms with E-state index in [0.29, 0.717) is 10.4 Å². The van der Waals surface area contributed by atoms with Crippen LogP contribution in [-0.2, 0) is 0 Å². The lowest BCUT2D eigenvalue weighted by molar-refractivity contribution is 0.0307. The molecule has 18 heavy (non-hydrogen) atoms. The maximum absolute atomic E-state index is 11.9. The van der Waals surface area contributed by atoms with E-state index in [2.05, 4.69) is 21.2 Å². The highest BCUT2D eigenvalue weighted by atomic mass is 79.9. The van der Waals surface area contributed by atoms with Crippen molar-refractivity contribution in [2.45, 2.75) is 25.4 Å². The summed E-state index contributed by atoms with van der Waals surface area (Å²) in [6.07, 6.45) is 1.44. The van der Waals surface area contributed by atoms with Crippen LogP contribution >= 0.6 is 27.7 Å². The predicted molar refractivity (Wildman–Crippen MR) is 75.0 cm³/mol. The molecule has 0 atom stereocenters. The second-order valence-electron chi connectivity index (χ2n) is 4.58. The summed E-state index contributed by atoms with van der Waals surface area (Å²) in [5.74, 6) is 1.91. The Bertz CT molecular complexity index is 441. The van der Waals surface area contributed by atoms with Crippen molar-refractivity contribution in [3.05, 3.63) is 22.1 Å². The standard InChI is InChI=1S/C12H16BrNO3S/c1-8-6-9(13)17-10(8)11(15)14-7-12(16)2-4-18-5-3-12/h6,16H,2-5,7H2,1H3,(H,14,15). The second kappa shape index (κ2) is 5.67. The number of aliphatic hydroxyl groups is 1. The van der Waals surface area contributed by atoms with Gasteiger partial charge in [0, 0.05) is 12.1 Å². The topological polar surface area (TPSA) is 62.5 Å². The molecule has 1 aliphatic rings. The number of rotatable bonds is 3. The molecule has 100 valence electrons. The fraction of sp³-hybridized carbons (Fsp3) is 0.583. The van der Waals surface area contributed by atoms with Crippen molar-refractivity contribution < 1.29 is 14.3 Å². The SMILES string of the molecule is Cc1cc(Br)oc1C(=O)NCC1(O)CCSCC1. The van der Waals surface area contributed by atoms with Crippen LogP contribution in [0.2, 0.25) is 0 Å². The Hall–Kier alpha value is -0.460. The highest BCUT2D eigenvalue weighted by Gasteiger charge is 2.30. The minimum absolute atomic E-state index is 0.273. The minimum atomic E-state index is -0.765. The molecule has 1 fully saturated rings. The van der Waals surface area contributed by atoms with Gasteiger partial charge in [0.25, 0.3) is 5.91 Å². The zero-order valence-corrected chi connectivity index (χ0v) is 12.6. The third-order valence-electron chi connectivity index (χ3n) is 3.10. The fourth-order valence-corrected chi connectivity index (χ4v) is 3.68. The molecule has 0 radical (unpaired) electrons. The highest BCUT2D eigenvalue weighted by Crippen LogP contribution is 2.26. The number of hydrogen-bond acceptors (Lipinski definition) is 4. The van der Waals surface area contributed by atoms with Crippen molar-refractivity contribution >= 4 is 33.6 Å². The number of thioether (sulfide) groups is 1. The lowest BCUT2D eigenvalue weighted by atomic mass is 9.97. The van der Waals surface area contributed by atoms with Crippen LogP contribution in [0.1, 0.15) is 29.0 Å². The second-order valence-corrected chi connectivity index (χ2v) is 6.59. The van der Waals surface area contributed by atoms with Crippen LogP contribution in [0.15, 0.2) is 15.2 Å². The first-order valence-corrected chi connectivity index (χ1v) is 7.79. The zero-order valence-electron chi connectivity index (χ0n) is 10.2. The molecule has 1 aromatic rings. The van der Waals surface area contributed by atoms with Crippen LogP contribution in [-0.4, -0.2) is 34.7 Å². The fourth-order valence-electron chi connectivity index (χ4n) is 1.92. The largest absolute Gasteiger partial charge is 0.444 e. The zero-order chi connectivity index (χ0) is 13.2. The van der Waals surface area contributed by atoms with E-state index < -0.39 is 5.60 Å². The first kappa shape index (κ1) is 14.0. The molecule has 1 aromatic heterocycles. The van der Waals surface area contributed by atoms with Crippen molar-refractivity contribution in [1.29, 1.82) is 0 Å². The van der Waals surface area contributed by atoms with Crippen LogP contribution < -0.4 is 5.32 Å². The molecule has 0 bridgehead atoms. The molecule has 4 nitrogen and oxygen atoms in total. The summed E-state index contributed by atoms with van der Waals surface area (Å²) in [7, 11) is 0. The van der Waals surface area contributed by atoms with Crippen LogP contribution in [0.3, 0.4) is 0 Å². The summed E-state index contributed by atoms with van der Waals surface area (Å²) in [4.78, 5) is 11.9. The van der Waals surface area contributed by atoms with Crippen molar-refractivity contribution in [3.8, 4) is 0 Å². The van der Waals surface area contributed by atoms with Gasteiger partial charge in [-0.2, -0.15) is 11.8 Å². The average molecular weight is 334 g/mol. The van der Waals surface area contributed by atoms with Crippen molar-refractivity contribution in [2.75, 3.05) is 18.1 Å². The number of nitrogens with one attached hydrogen (secondary N) is 1. The number of carbonyl (C=O) groups excluding carboxylic acids is 1. The Morgan fingerprint density at radius 2 is 2.28 bits per heavy atom.